The molecule has 2 fully saturated rings. The Morgan fingerprint density at radius 1 is 0.953 bits per heavy atom. The topological polar surface area (TPSA) is 100 Å². The van der Waals surface area contributed by atoms with Crippen LogP contribution in [0.3, 0.4) is 0 Å². The van der Waals surface area contributed by atoms with Crippen molar-refractivity contribution in [3.8, 4) is 17.8 Å². The maximum absolute atomic E-state index is 13.1. The third-order valence-corrected chi connectivity index (χ3v) is 8.23. The van der Waals surface area contributed by atoms with Crippen molar-refractivity contribution in [1.29, 1.82) is 0 Å². The number of nitrogens with zero attached hydrogens (tertiary/aromatic N) is 5. The molecule has 5 rings (SSSR count). The van der Waals surface area contributed by atoms with Gasteiger partial charge in [0.1, 0.15) is 13.3 Å². The molecule has 2 aromatic carbocycles. The molecule has 2 saturated heterocycles. The molecule has 230 valence electrons. The first-order chi connectivity index (χ1) is 21.1. The molecule has 0 aliphatic carbocycles. The van der Waals surface area contributed by atoms with Gasteiger partial charge in [0.05, 0.1) is 26.4 Å². The summed E-state index contributed by atoms with van der Waals surface area (Å²) in [7, 11) is 2.98. The van der Waals surface area contributed by atoms with E-state index in [9.17, 15) is 14.3 Å². The Balaban J connectivity index is 1.53. The highest BCUT2D eigenvalue weighted by molar-refractivity contribution is 5.76. The molecule has 3 heterocycles. The summed E-state index contributed by atoms with van der Waals surface area (Å²) in [4.78, 5) is 28.3. The Bertz CT molecular complexity index is 1290. The number of methoxy groups -OCH3 is 2. The van der Waals surface area contributed by atoms with Crippen molar-refractivity contribution in [3.05, 3.63) is 77.4 Å². The summed E-state index contributed by atoms with van der Waals surface area (Å²) in [5, 5.41) is 9.41. The molecule has 1 aromatic heterocycles. The van der Waals surface area contributed by atoms with Crippen molar-refractivity contribution in [3.63, 3.8) is 0 Å². The average molecular weight is 594 g/mol. The van der Waals surface area contributed by atoms with Crippen LogP contribution in [0, 0.1) is 0 Å². The van der Waals surface area contributed by atoms with Crippen LogP contribution < -0.4 is 14.2 Å². The van der Waals surface area contributed by atoms with Gasteiger partial charge in [-0.05, 0) is 11.1 Å². The first-order valence-corrected chi connectivity index (χ1v) is 14.7. The summed E-state index contributed by atoms with van der Waals surface area (Å²) in [5.41, 5.74) is 3.05. The lowest BCUT2D eigenvalue weighted by molar-refractivity contribution is -0.137. The molecule has 2 aliphatic rings. The van der Waals surface area contributed by atoms with Crippen LogP contribution in [0.5, 0.6) is 17.8 Å². The van der Waals surface area contributed by atoms with Gasteiger partial charge in [-0.2, -0.15) is 9.97 Å². The van der Waals surface area contributed by atoms with Gasteiger partial charge < -0.3 is 24.2 Å². The van der Waals surface area contributed by atoms with Crippen LogP contribution in [-0.4, -0.2) is 115 Å². The van der Waals surface area contributed by atoms with Gasteiger partial charge in [0.25, 0.3) is 0 Å². The fourth-order valence-electron chi connectivity index (χ4n) is 6.37. The van der Waals surface area contributed by atoms with Gasteiger partial charge in [-0.1, -0.05) is 60.7 Å². The molecule has 10 nitrogen and oxygen atoms in total. The molecule has 11 heteroatoms. The van der Waals surface area contributed by atoms with Crippen LogP contribution in [0.15, 0.2) is 60.7 Å². The number of benzene rings is 2. The molecule has 0 spiro atoms. The van der Waals surface area contributed by atoms with Gasteiger partial charge in [-0.15, -0.1) is 0 Å². The van der Waals surface area contributed by atoms with Crippen LogP contribution >= 0.6 is 0 Å². The fourth-order valence-corrected chi connectivity index (χ4v) is 6.37. The van der Waals surface area contributed by atoms with Gasteiger partial charge >= 0.3 is 6.01 Å². The number of rotatable bonds is 12. The van der Waals surface area contributed by atoms with E-state index in [1.54, 1.807) is 0 Å². The zero-order chi connectivity index (χ0) is 30.2. The molecule has 0 bridgehead atoms. The van der Waals surface area contributed by atoms with Gasteiger partial charge in [0.2, 0.25) is 17.7 Å². The highest BCUT2D eigenvalue weighted by Crippen LogP contribution is 2.37. The molecular formula is C32H40FN5O5. The Morgan fingerprint density at radius 2 is 1.63 bits per heavy atom. The Hall–Kier alpha value is -3.80. The molecule has 1 N–H and O–H groups in total. The molecule has 0 unspecified atom stereocenters. The number of alkyl halides is 1. The number of carbonyl (C=O) groups excluding carboxylic acids is 1. The lowest BCUT2D eigenvalue weighted by atomic mass is 9.81. The van der Waals surface area contributed by atoms with E-state index in [0.717, 1.165) is 6.54 Å². The molecule has 0 radical (unpaired) electrons. The van der Waals surface area contributed by atoms with E-state index in [4.69, 9.17) is 14.2 Å². The van der Waals surface area contributed by atoms with Crippen LogP contribution in [0.4, 0.5) is 4.39 Å². The minimum atomic E-state index is -0.662. The number of piperazine rings is 2. The van der Waals surface area contributed by atoms with E-state index < -0.39 is 6.67 Å². The minimum absolute atomic E-state index is 0.0365. The van der Waals surface area contributed by atoms with Gasteiger partial charge in [0, 0.05) is 63.7 Å². The predicted molar refractivity (Wildman–Crippen MR) is 159 cm³/mol. The smallest absolute Gasteiger partial charge is 0.322 e. The third kappa shape index (κ3) is 7.06. The Kier molecular flexibility index (Phi) is 10.4. The zero-order valence-electron chi connectivity index (χ0n) is 24.8. The number of fused-ring (bicyclic) bond motifs is 1. The molecule has 3 aromatic rings. The van der Waals surface area contributed by atoms with E-state index in [2.05, 4.69) is 68.3 Å². The second-order valence-electron chi connectivity index (χ2n) is 10.8. The maximum Gasteiger partial charge on any atom is 0.322 e. The molecule has 43 heavy (non-hydrogen) atoms. The fraction of sp³-hybridized carbons (Fsp3) is 0.469. The third-order valence-electron chi connectivity index (χ3n) is 8.23. The van der Waals surface area contributed by atoms with E-state index in [1.165, 1.54) is 25.3 Å². The van der Waals surface area contributed by atoms with Crippen molar-refractivity contribution in [2.45, 2.75) is 31.0 Å². The quantitative estimate of drug-likeness (QED) is 0.340. The lowest BCUT2D eigenvalue weighted by Crippen LogP contribution is -2.67. The van der Waals surface area contributed by atoms with Crippen molar-refractivity contribution in [1.82, 2.24) is 24.7 Å². The summed E-state index contributed by atoms with van der Waals surface area (Å²) in [6, 6.07) is 21.3. The monoisotopic (exact) mass is 593 g/mol. The average Bonchev–Trinajstić information content (AvgIpc) is 3.05. The number of aliphatic hydroxyl groups excluding tert-OH is 1. The molecule has 0 saturated carbocycles. The van der Waals surface area contributed by atoms with E-state index in [1.807, 2.05) is 17.0 Å². The summed E-state index contributed by atoms with van der Waals surface area (Å²) in [5.74, 6) is 0.575. The second-order valence-corrected chi connectivity index (χ2v) is 10.8. The van der Waals surface area contributed by atoms with Crippen LogP contribution in [0.25, 0.3) is 0 Å². The van der Waals surface area contributed by atoms with E-state index in [-0.39, 0.29) is 55.4 Å². The van der Waals surface area contributed by atoms with Gasteiger partial charge in [0.15, 0.2) is 0 Å². The van der Waals surface area contributed by atoms with E-state index >= 15 is 0 Å². The lowest BCUT2D eigenvalue weighted by Gasteiger charge is -2.53. The number of aliphatic hydroxyl groups is 1. The number of halogens is 1. The zero-order valence-corrected chi connectivity index (χ0v) is 24.8. The summed E-state index contributed by atoms with van der Waals surface area (Å²) in [6.07, 6.45) is 0.117. The van der Waals surface area contributed by atoms with Crippen molar-refractivity contribution in [2.75, 3.05) is 66.8 Å². The highest BCUT2D eigenvalue weighted by atomic mass is 19.1. The molecule has 1 amide bonds. The van der Waals surface area contributed by atoms with Crippen molar-refractivity contribution < 1.29 is 28.5 Å². The summed E-state index contributed by atoms with van der Waals surface area (Å²) < 4.78 is 29.7. The number of hydrogen-bond donors (Lipinski definition) is 1. The van der Waals surface area contributed by atoms with Crippen molar-refractivity contribution in [2.24, 2.45) is 0 Å². The van der Waals surface area contributed by atoms with Crippen LogP contribution in [0.1, 0.15) is 29.0 Å². The van der Waals surface area contributed by atoms with Crippen molar-refractivity contribution >= 4 is 5.91 Å². The second kappa shape index (κ2) is 14.6. The number of aromatic nitrogens is 2. The molecule has 2 aliphatic heterocycles. The molecule has 2 atom stereocenters. The predicted octanol–water partition coefficient (Wildman–Crippen LogP) is 2.75. The largest absolute Gasteiger partial charge is 0.481 e. The first kappa shape index (κ1) is 30.7. The van der Waals surface area contributed by atoms with Gasteiger partial charge in [-0.3, -0.25) is 14.6 Å². The SMILES string of the molecule is COc1nc(OC)c(CN2C[C@@H]3CN(C(=O)CCO)CCN3[C@H](C(c3ccccc3)c3ccccc3)C2)c(OCCF)n1. The summed E-state index contributed by atoms with van der Waals surface area (Å²) in [6.45, 7) is 2.72. The number of ether oxygens (including phenoxy) is 3. The number of amides is 1. The highest BCUT2D eigenvalue weighted by Gasteiger charge is 2.43. The number of hydrogen-bond acceptors (Lipinski definition) is 9. The minimum Gasteiger partial charge on any atom is -0.481 e. The van der Waals surface area contributed by atoms with E-state index in [0.29, 0.717) is 44.2 Å². The van der Waals surface area contributed by atoms with Crippen LogP contribution in [0.2, 0.25) is 0 Å². The molecular weight excluding hydrogens is 553 g/mol. The number of carbonyl (C=O) groups is 1. The standard InChI is InChI=1S/C32H40FN5O5/c1-41-30-26(31(43-18-14-33)35-32(34-30)42-2)21-36-19-25-20-37(28(40)13-17-39)15-16-38(25)27(22-36)29(23-9-5-3-6-10-23)24-11-7-4-8-12-24/h3-12,25,27,29,39H,13-22H2,1-2H3/t25-,27+/m1/s1. The summed E-state index contributed by atoms with van der Waals surface area (Å²) >= 11 is 0. The Labute approximate surface area is 252 Å². The van der Waals surface area contributed by atoms with Gasteiger partial charge in [-0.25, -0.2) is 4.39 Å². The maximum atomic E-state index is 13.1. The Morgan fingerprint density at radius 3 is 2.23 bits per heavy atom. The normalized spacial score (nSPS) is 19.2. The first-order valence-electron chi connectivity index (χ1n) is 14.7. The van der Waals surface area contributed by atoms with Crippen LogP contribution in [-0.2, 0) is 11.3 Å².